The van der Waals surface area contributed by atoms with Crippen LogP contribution in [0.4, 0.5) is 4.79 Å². The molecule has 34 heavy (non-hydrogen) atoms. The van der Waals surface area contributed by atoms with Gasteiger partial charge in [0.15, 0.2) is 0 Å². The number of hydrogen-bond donors (Lipinski definition) is 3. The second kappa shape index (κ2) is 8.85. The highest BCUT2D eigenvalue weighted by molar-refractivity contribution is 6.09. The Morgan fingerprint density at radius 1 is 1.12 bits per heavy atom. The molecular weight excluding hydrogens is 432 g/mol. The highest BCUT2D eigenvalue weighted by Gasteiger charge is 2.52. The van der Waals surface area contributed by atoms with Crippen LogP contribution in [0.1, 0.15) is 42.7 Å². The molecule has 2 aliphatic rings. The van der Waals surface area contributed by atoms with Crippen molar-refractivity contribution in [3.8, 4) is 5.75 Å². The summed E-state index contributed by atoms with van der Waals surface area (Å²) in [6.07, 6.45) is 5.04. The summed E-state index contributed by atoms with van der Waals surface area (Å²) in [7, 11) is 1.62. The lowest BCUT2D eigenvalue weighted by Crippen LogP contribution is -2.45. The first-order chi connectivity index (χ1) is 16.5. The number of nitrogens with zero attached hydrogens (tertiary/aromatic N) is 1. The van der Waals surface area contributed by atoms with E-state index in [1.54, 1.807) is 7.11 Å². The molecule has 0 bridgehead atoms. The third-order valence-electron chi connectivity index (χ3n) is 7.02. The molecule has 1 aliphatic heterocycles. The number of H-pyrrole nitrogens is 1. The molecule has 0 unspecified atom stereocenters. The molecule has 1 aliphatic carbocycles. The molecule has 8 nitrogen and oxygen atoms in total. The maximum atomic E-state index is 12.9. The Bertz CT molecular complexity index is 1230. The van der Waals surface area contributed by atoms with Crippen LogP contribution in [-0.4, -0.2) is 53.5 Å². The quantitative estimate of drug-likeness (QED) is 0.471. The van der Waals surface area contributed by atoms with Gasteiger partial charge in [-0.25, -0.2) is 4.79 Å². The number of rotatable bonds is 7. The second-order valence-corrected chi connectivity index (χ2v) is 9.03. The average molecular weight is 461 g/mol. The number of hydrogen-bond acceptors (Lipinski definition) is 4. The fourth-order valence-electron chi connectivity index (χ4n) is 5.18. The van der Waals surface area contributed by atoms with Gasteiger partial charge in [-0.15, -0.1) is 0 Å². The van der Waals surface area contributed by atoms with Crippen LogP contribution in [0.2, 0.25) is 0 Å². The highest BCUT2D eigenvalue weighted by Crippen LogP contribution is 2.35. The van der Waals surface area contributed by atoms with Crippen LogP contribution in [0.5, 0.6) is 5.75 Å². The summed E-state index contributed by atoms with van der Waals surface area (Å²) in [4.78, 5) is 42.5. The number of nitrogens with one attached hydrogen (secondary N) is 3. The largest absolute Gasteiger partial charge is 0.497 e. The van der Waals surface area contributed by atoms with Gasteiger partial charge in [0.1, 0.15) is 17.8 Å². The summed E-state index contributed by atoms with van der Waals surface area (Å²) in [5.74, 6) is -0.0227. The molecule has 1 saturated carbocycles. The van der Waals surface area contributed by atoms with Crippen molar-refractivity contribution in [2.45, 2.75) is 37.1 Å². The van der Waals surface area contributed by atoms with Crippen molar-refractivity contribution in [3.63, 3.8) is 0 Å². The standard InChI is InChI=1S/C26H28N4O4/c1-34-18-10-8-17(9-11-18)20(21-15-27-22-7-3-2-6-19(21)22)14-28-23(31)16-30-24(32)26(29-25(30)33)12-4-5-13-26/h2-3,6-11,15,20,27H,4-5,12-14,16H2,1H3,(H,28,31)(H,29,33)/t20-/m0/s1. The van der Waals surface area contributed by atoms with E-state index in [1.165, 1.54) is 0 Å². The van der Waals surface area contributed by atoms with E-state index >= 15 is 0 Å². The normalized spacial score (nSPS) is 17.9. The number of urea groups is 1. The first kappa shape index (κ1) is 22.0. The summed E-state index contributed by atoms with van der Waals surface area (Å²) in [5, 5.41) is 6.85. The van der Waals surface area contributed by atoms with Crippen molar-refractivity contribution in [1.29, 1.82) is 0 Å². The zero-order chi connectivity index (χ0) is 23.7. The van der Waals surface area contributed by atoms with Crippen molar-refractivity contribution in [1.82, 2.24) is 20.5 Å². The number of carbonyl (C=O) groups excluding carboxylic acids is 3. The maximum Gasteiger partial charge on any atom is 0.325 e. The smallest absolute Gasteiger partial charge is 0.325 e. The molecule has 3 aromatic rings. The summed E-state index contributed by atoms with van der Waals surface area (Å²) < 4.78 is 5.29. The molecule has 3 N–H and O–H groups in total. The predicted molar refractivity (Wildman–Crippen MR) is 128 cm³/mol. The topological polar surface area (TPSA) is 104 Å². The number of benzene rings is 2. The molecular formula is C26H28N4O4. The van der Waals surface area contributed by atoms with Gasteiger partial charge < -0.3 is 20.4 Å². The minimum absolute atomic E-state index is 0.129. The van der Waals surface area contributed by atoms with Crippen LogP contribution in [0.3, 0.4) is 0 Å². The van der Waals surface area contributed by atoms with Crippen LogP contribution in [-0.2, 0) is 9.59 Å². The molecule has 5 rings (SSSR count). The Kier molecular flexibility index (Phi) is 5.73. The van der Waals surface area contributed by atoms with Gasteiger partial charge in [0.25, 0.3) is 5.91 Å². The van der Waals surface area contributed by atoms with Crippen molar-refractivity contribution < 1.29 is 19.1 Å². The van der Waals surface area contributed by atoms with Gasteiger partial charge in [0.2, 0.25) is 5.91 Å². The van der Waals surface area contributed by atoms with Crippen molar-refractivity contribution in [2.75, 3.05) is 20.2 Å². The molecule has 8 heteroatoms. The third kappa shape index (κ3) is 3.89. The molecule has 176 valence electrons. The number of aromatic nitrogens is 1. The van der Waals surface area contributed by atoms with E-state index in [0.29, 0.717) is 19.4 Å². The van der Waals surface area contributed by atoms with E-state index in [4.69, 9.17) is 4.74 Å². The van der Waals surface area contributed by atoms with Gasteiger partial charge in [0, 0.05) is 29.6 Å². The minimum atomic E-state index is -0.812. The molecule has 1 atom stereocenters. The van der Waals surface area contributed by atoms with E-state index in [9.17, 15) is 14.4 Å². The Morgan fingerprint density at radius 3 is 2.59 bits per heavy atom. The molecule has 0 radical (unpaired) electrons. The van der Waals surface area contributed by atoms with Crippen LogP contribution in [0.15, 0.2) is 54.7 Å². The minimum Gasteiger partial charge on any atom is -0.497 e. The molecule has 1 aromatic heterocycles. The third-order valence-corrected chi connectivity index (χ3v) is 7.02. The van der Waals surface area contributed by atoms with Crippen LogP contribution >= 0.6 is 0 Å². The Labute approximate surface area is 197 Å². The average Bonchev–Trinajstić information content (AvgIpc) is 3.55. The van der Waals surface area contributed by atoms with Gasteiger partial charge >= 0.3 is 6.03 Å². The zero-order valence-electron chi connectivity index (χ0n) is 19.1. The van der Waals surface area contributed by atoms with Gasteiger partial charge in [-0.2, -0.15) is 0 Å². The predicted octanol–water partition coefficient (Wildman–Crippen LogP) is 3.29. The maximum absolute atomic E-state index is 12.9. The first-order valence-corrected chi connectivity index (χ1v) is 11.6. The monoisotopic (exact) mass is 460 g/mol. The van der Waals surface area contributed by atoms with E-state index in [2.05, 4.69) is 15.6 Å². The van der Waals surface area contributed by atoms with Gasteiger partial charge in [-0.1, -0.05) is 43.2 Å². The lowest BCUT2D eigenvalue weighted by atomic mass is 9.90. The van der Waals surface area contributed by atoms with Crippen molar-refractivity contribution in [2.24, 2.45) is 0 Å². The van der Waals surface area contributed by atoms with E-state index in [1.807, 2.05) is 54.7 Å². The number of aromatic amines is 1. The molecule has 4 amide bonds. The Balaban J connectivity index is 1.34. The van der Waals surface area contributed by atoms with Gasteiger partial charge in [-0.3, -0.25) is 14.5 Å². The van der Waals surface area contributed by atoms with Crippen molar-refractivity contribution in [3.05, 3.63) is 65.9 Å². The van der Waals surface area contributed by atoms with Crippen molar-refractivity contribution >= 4 is 28.7 Å². The number of carbonyl (C=O) groups is 3. The fraction of sp³-hybridized carbons (Fsp3) is 0.346. The Morgan fingerprint density at radius 2 is 1.85 bits per heavy atom. The molecule has 2 heterocycles. The summed E-state index contributed by atoms with van der Waals surface area (Å²) in [6.45, 7) is 0.0391. The first-order valence-electron chi connectivity index (χ1n) is 11.6. The lowest BCUT2D eigenvalue weighted by molar-refractivity contribution is -0.134. The van der Waals surface area contributed by atoms with Gasteiger partial charge in [-0.05, 0) is 42.2 Å². The van der Waals surface area contributed by atoms with E-state index in [-0.39, 0.29) is 24.3 Å². The number of amides is 4. The number of fused-ring (bicyclic) bond motifs is 1. The van der Waals surface area contributed by atoms with E-state index in [0.717, 1.165) is 45.5 Å². The van der Waals surface area contributed by atoms with Crippen LogP contribution < -0.4 is 15.4 Å². The summed E-state index contributed by atoms with van der Waals surface area (Å²) >= 11 is 0. The number of imide groups is 1. The highest BCUT2D eigenvalue weighted by atomic mass is 16.5. The van der Waals surface area contributed by atoms with E-state index < -0.39 is 11.6 Å². The summed E-state index contributed by atoms with van der Waals surface area (Å²) in [5.41, 5.74) is 2.28. The molecule has 2 fully saturated rings. The molecule has 1 saturated heterocycles. The van der Waals surface area contributed by atoms with Crippen LogP contribution in [0.25, 0.3) is 10.9 Å². The second-order valence-electron chi connectivity index (χ2n) is 9.03. The number of methoxy groups -OCH3 is 1. The molecule has 2 aromatic carbocycles. The van der Waals surface area contributed by atoms with Gasteiger partial charge in [0.05, 0.1) is 7.11 Å². The fourth-order valence-corrected chi connectivity index (χ4v) is 5.18. The molecule has 1 spiro atoms. The van der Waals surface area contributed by atoms with Crippen LogP contribution in [0, 0.1) is 0 Å². The summed E-state index contributed by atoms with van der Waals surface area (Å²) in [6, 6.07) is 15.3. The number of para-hydroxylation sites is 1. The Hall–Kier alpha value is -3.81. The lowest BCUT2D eigenvalue weighted by Gasteiger charge is -2.21. The SMILES string of the molecule is COc1ccc([C@H](CNC(=O)CN2C(=O)NC3(CCCC3)C2=O)c2c[nH]c3ccccc23)cc1. The number of ether oxygens (including phenoxy) is 1. The zero-order valence-corrected chi connectivity index (χ0v) is 19.1.